The van der Waals surface area contributed by atoms with Crippen molar-refractivity contribution in [2.75, 3.05) is 0 Å². The van der Waals surface area contributed by atoms with Gasteiger partial charge in [0.25, 0.3) is 5.69 Å². The summed E-state index contributed by atoms with van der Waals surface area (Å²) >= 11 is 4.62. The predicted octanol–water partition coefficient (Wildman–Crippen LogP) is 5.87. The van der Waals surface area contributed by atoms with Gasteiger partial charge in [0.1, 0.15) is 0 Å². The Balaban J connectivity index is 1.74. The summed E-state index contributed by atoms with van der Waals surface area (Å²) in [4.78, 5) is 26.6. The molecule has 0 aliphatic rings. The number of rotatable bonds is 6. The average Bonchev–Trinajstić information content (AvgIpc) is 2.69. The Morgan fingerprint density at radius 1 is 0.931 bits per heavy atom. The van der Waals surface area contributed by atoms with Gasteiger partial charge in [-0.1, -0.05) is 27.7 Å². The number of aromatic hydroxyl groups is 1. The second kappa shape index (κ2) is 8.84. The van der Waals surface area contributed by atoms with Gasteiger partial charge >= 0.3 is 5.69 Å². The number of phenolic OH excluding ortho intramolecular Hbond substituents is 1. The monoisotopic (exact) mass is 473 g/mol. The van der Waals surface area contributed by atoms with Crippen molar-refractivity contribution in [3.8, 4) is 5.75 Å². The van der Waals surface area contributed by atoms with Crippen molar-refractivity contribution in [2.45, 2.75) is 9.79 Å². The first kappa shape index (κ1) is 20.5. The van der Waals surface area contributed by atoms with Gasteiger partial charge in [-0.25, -0.2) is 0 Å². The Bertz CT molecular complexity index is 1100. The molecule has 0 saturated heterocycles. The first-order chi connectivity index (χ1) is 13.8. The highest BCUT2D eigenvalue weighted by Crippen LogP contribution is 2.33. The van der Waals surface area contributed by atoms with E-state index in [1.165, 1.54) is 42.2 Å². The zero-order chi connectivity index (χ0) is 21.0. The van der Waals surface area contributed by atoms with Gasteiger partial charge < -0.3 is 5.11 Å². The van der Waals surface area contributed by atoms with Crippen LogP contribution in [-0.4, -0.2) is 21.2 Å². The lowest BCUT2D eigenvalue weighted by Gasteiger charge is -2.03. The molecule has 3 aromatic rings. The third-order valence-corrected chi connectivity index (χ3v) is 5.23. The van der Waals surface area contributed by atoms with Gasteiger partial charge in [0.05, 0.1) is 15.5 Å². The molecular formula is C19H12BrN3O5S. The van der Waals surface area contributed by atoms with Crippen molar-refractivity contribution >= 4 is 51.0 Å². The van der Waals surface area contributed by atoms with E-state index in [1.807, 2.05) is 12.1 Å². The largest absolute Gasteiger partial charge is 0.502 e. The predicted molar refractivity (Wildman–Crippen MR) is 113 cm³/mol. The van der Waals surface area contributed by atoms with Crippen LogP contribution >= 0.6 is 27.7 Å². The van der Waals surface area contributed by atoms with Crippen molar-refractivity contribution in [3.63, 3.8) is 0 Å². The van der Waals surface area contributed by atoms with Gasteiger partial charge in [-0.05, 0) is 42.5 Å². The number of phenols is 1. The van der Waals surface area contributed by atoms with Crippen LogP contribution in [0.15, 0.2) is 79.9 Å². The van der Waals surface area contributed by atoms with Crippen LogP contribution in [-0.2, 0) is 0 Å². The zero-order valence-electron chi connectivity index (χ0n) is 14.6. The minimum absolute atomic E-state index is 0.0371. The number of benzene rings is 3. The number of aliphatic imine (C=N–C) groups is 1. The molecule has 0 heterocycles. The summed E-state index contributed by atoms with van der Waals surface area (Å²) in [5.74, 6) is -0.452. The van der Waals surface area contributed by atoms with E-state index in [2.05, 4.69) is 20.9 Å². The number of halogens is 1. The van der Waals surface area contributed by atoms with Crippen molar-refractivity contribution in [1.82, 2.24) is 0 Å². The third-order valence-electron chi connectivity index (χ3n) is 3.75. The normalized spacial score (nSPS) is 10.9. The van der Waals surface area contributed by atoms with Crippen molar-refractivity contribution in [3.05, 3.63) is 90.9 Å². The summed E-state index contributed by atoms with van der Waals surface area (Å²) in [6.07, 6.45) is 1.35. The summed E-state index contributed by atoms with van der Waals surface area (Å²) in [5.41, 5.74) is 0.446. The van der Waals surface area contributed by atoms with E-state index >= 15 is 0 Å². The number of hydrogen-bond acceptors (Lipinski definition) is 7. The lowest BCUT2D eigenvalue weighted by atomic mass is 10.2. The second-order valence-corrected chi connectivity index (χ2v) is 7.79. The molecule has 0 atom stereocenters. The highest BCUT2D eigenvalue weighted by Gasteiger charge is 2.17. The molecule has 146 valence electrons. The molecule has 0 amide bonds. The summed E-state index contributed by atoms with van der Waals surface area (Å²) in [6.45, 7) is 0. The molecule has 0 radical (unpaired) electrons. The van der Waals surface area contributed by atoms with E-state index < -0.39 is 21.3 Å². The Morgan fingerprint density at radius 3 is 2.07 bits per heavy atom. The highest BCUT2D eigenvalue weighted by molar-refractivity contribution is 9.10. The molecule has 3 aromatic carbocycles. The Hall–Kier alpha value is -3.24. The molecule has 1 N–H and O–H groups in total. The van der Waals surface area contributed by atoms with Crippen LogP contribution in [0.3, 0.4) is 0 Å². The summed E-state index contributed by atoms with van der Waals surface area (Å²) < 4.78 is 0.457. The van der Waals surface area contributed by atoms with Crippen LogP contribution in [0.5, 0.6) is 5.75 Å². The Labute approximate surface area is 177 Å². The molecule has 0 aromatic heterocycles. The molecular weight excluding hydrogens is 462 g/mol. The summed E-state index contributed by atoms with van der Waals surface area (Å²) in [6, 6.07) is 16.2. The van der Waals surface area contributed by atoms with Crippen molar-refractivity contribution in [2.24, 2.45) is 4.99 Å². The first-order valence-electron chi connectivity index (χ1n) is 8.07. The smallest absolute Gasteiger partial charge is 0.312 e. The maximum atomic E-state index is 11.0. The quantitative estimate of drug-likeness (QED) is 0.271. The van der Waals surface area contributed by atoms with Gasteiger partial charge in [-0.15, -0.1) is 0 Å². The molecule has 0 fully saturated rings. The fraction of sp³-hybridized carbons (Fsp3) is 0. The number of non-ortho nitro benzene ring substituents is 1. The lowest BCUT2D eigenvalue weighted by molar-refractivity contribution is -0.386. The molecule has 0 aliphatic heterocycles. The highest BCUT2D eigenvalue weighted by atomic mass is 79.9. The van der Waals surface area contributed by atoms with E-state index in [0.717, 1.165) is 9.79 Å². The molecule has 0 aliphatic carbocycles. The van der Waals surface area contributed by atoms with Crippen LogP contribution in [0.25, 0.3) is 0 Å². The van der Waals surface area contributed by atoms with E-state index in [9.17, 15) is 25.3 Å². The van der Waals surface area contributed by atoms with Crippen LogP contribution < -0.4 is 0 Å². The molecule has 0 unspecified atom stereocenters. The summed E-state index contributed by atoms with van der Waals surface area (Å²) in [7, 11) is 0. The average molecular weight is 474 g/mol. The van der Waals surface area contributed by atoms with Gasteiger partial charge in [-0.2, -0.15) is 0 Å². The fourth-order valence-electron chi connectivity index (χ4n) is 2.36. The Morgan fingerprint density at radius 2 is 1.52 bits per heavy atom. The first-order valence-corrected chi connectivity index (χ1v) is 9.68. The topological polar surface area (TPSA) is 119 Å². The van der Waals surface area contributed by atoms with Gasteiger partial charge in [0.2, 0.25) is 5.75 Å². The Kier molecular flexibility index (Phi) is 6.25. The minimum atomic E-state index is -0.665. The van der Waals surface area contributed by atoms with Crippen molar-refractivity contribution in [1.29, 1.82) is 0 Å². The number of nitrogens with zero attached hydrogens (tertiary/aromatic N) is 3. The van der Waals surface area contributed by atoms with E-state index in [-0.39, 0.29) is 11.3 Å². The molecule has 3 rings (SSSR count). The van der Waals surface area contributed by atoms with E-state index in [4.69, 9.17) is 0 Å². The number of hydrogen-bond donors (Lipinski definition) is 1. The summed E-state index contributed by atoms with van der Waals surface area (Å²) in [5, 5.41) is 31.7. The van der Waals surface area contributed by atoms with Crippen LogP contribution in [0, 0.1) is 20.2 Å². The van der Waals surface area contributed by atoms with Crippen LogP contribution in [0.1, 0.15) is 5.56 Å². The maximum Gasteiger partial charge on any atom is 0.312 e. The van der Waals surface area contributed by atoms with E-state index in [0.29, 0.717) is 10.2 Å². The van der Waals surface area contributed by atoms with Crippen LogP contribution in [0.2, 0.25) is 0 Å². The molecule has 0 bridgehead atoms. The van der Waals surface area contributed by atoms with E-state index in [1.54, 1.807) is 24.3 Å². The van der Waals surface area contributed by atoms with Crippen LogP contribution in [0.4, 0.5) is 17.1 Å². The SMILES string of the molecule is O=[N+]([O-])c1ccc(Sc2ccc(N=Cc3cc(Br)cc([N+](=O)[O-])c3O)cc2)cc1. The number of nitro groups is 2. The maximum absolute atomic E-state index is 11.0. The molecule has 10 heteroatoms. The molecule has 8 nitrogen and oxygen atoms in total. The zero-order valence-corrected chi connectivity index (χ0v) is 17.0. The van der Waals surface area contributed by atoms with Gasteiger partial charge in [-0.3, -0.25) is 25.2 Å². The fourth-order valence-corrected chi connectivity index (χ4v) is 3.64. The standard InChI is InChI=1S/C19H12BrN3O5S/c20-13-9-12(19(24)18(10-13)23(27)28)11-21-14-1-5-16(6-2-14)29-17-7-3-15(4-8-17)22(25)26/h1-11,24H. The van der Waals surface area contributed by atoms with Gasteiger partial charge in [0.15, 0.2) is 0 Å². The molecule has 0 spiro atoms. The minimum Gasteiger partial charge on any atom is -0.502 e. The lowest BCUT2D eigenvalue weighted by Crippen LogP contribution is -1.92. The molecule has 0 saturated carbocycles. The number of nitro benzene ring substituents is 2. The molecule has 29 heavy (non-hydrogen) atoms. The van der Waals surface area contributed by atoms with Crippen molar-refractivity contribution < 1.29 is 15.0 Å². The third kappa shape index (κ3) is 5.18. The second-order valence-electron chi connectivity index (χ2n) is 5.73. The van der Waals surface area contributed by atoms with Gasteiger partial charge in [0, 0.05) is 44.2 Å².